The molecular weight excluding hydrogens is 185 g/mol. The zero-order valence-corrected chi connectivity index (χ0v) is 6.97. The average Bonchev–Trinajstić information content (AvgIpc) is 2.32. The molecule has 0 saturated heterocycles. The maximum Gasteiger partial charge on any atom is 0.435 e. The van der Waals surface area contributed by atoms with Crippen LogP contribution in [-0.4, -0.2) is 21.5 Å². The lowest BCUT2D eigenvalue weighted by Crippen LogP contribution is -2.06. The Labute approximate surface area is 72.8 Å². The van der Waals surface area contributed by atoms with Gasteiger partial charge >= 0.3 is 6.18 Å². The summed E-state index contributed by atoms with van der Waals surface area (Å²) in [6, 6.07) is 0.941. The molecule has 0 spiro atoms. The molecular formula is C7H9F3N2O. The molecule has 1 heterocycles. The molecule has 1 aromatic rings. The molecule has 0 atom stereocenters. The van der Waals surface area contributed by atoms with Crippen molar-refractivity contribution in [3.05, 3.63) is 17.5 Å². The highest BCUT2D eigenvalue weighted by molar-refractivity contribution is 5.13. The van der Waals surface area contributed by atoms with Crippen molar-refractivity contribution in [1.29, 1.82) is 0 Å². The van der Waals surface area contributed by atoms with Gasteiger partial charge in [0.1, 0.15) is 0 Å². The van der Waals surface area contributed by atoms with E-state index < -0.39 is 11.9 Å². The predicted octanol–water partition coefficient (Wildman–Crippen LogP) is 0.974. The molecule has 0 aromatic carbocycles. The number of aliphatic hydroxyl groups excluding tert-OH is 1. The van der Waals surface area contributed by atoms with E-state index in [9.17, 15) is 13.2 Å². The number of aryl methyl sites for hydroxylation is 1. The van der Waals surface area contributed by atoms with Crippen molar-refractivity contribution in [3.8, 4) is 0 Å². The predicted molar refractivity (Wildman–Crippen MR) is 39.0 cm³/mol. The highest BCUT2D eigenvalue weighted by Gasteiger charge is 2.34. The van der Waals surface area contributed by atoms with Gasteiger partial charge in [0.25, 0.3) is 0 Å². The van der Waals surface area contributed by atoms with Crippen LogP contribution in [0.1, 0.15) is 11.4 Å². The first-order chi connectivity index (χ1) is 5.95. The Kier molecular flexibility index (Phi) is 2.60. The summed E-state index contributed by atoms with van der Waals surface area (Å²) >= 11 is 0. The summed E-state index contributed by atoms with van der Waals surface area (Å²) in [6.45, 7) is -0.184. The second-order valence-corrected chi connectivity index (χ2v) is 2.62. The Morgan fingerprint density at radius 3 is 2.54 bits per heavy atom. The quantitative estimate of drug-likeness (QED) is 0.761. The van der Waals surface area contributed by atoms with Gasteiger partial charge in [0.15, 0.2) is 5.69 Å². The maximum atomic E-state index is 12.1. The van der Waals surface area contributed by atoms with E-state index in [-0.39, 0.29) is 13.0 Å². The zero-order chi connectivity index (χ0) is 10.1. The van der Waals surface area contributed by atoms with Crippen LogP contribution in [0.5, 0.6) is 0 Å². The first-order valence-electron chi connectivity index (χ1n) is 3.66. The number of rotatable bonds is 2. The largest absolute Gasteiger partial charge is 0.435 e. The SMILES string of the molecule is Cn1nc(C(F)(F)F)cc1CCO. The van der Waals surface area contributed by atoms with Crippen LogP contribution in [0.2, 0.25) is 0 Å². The number of nitrogens with zero attached hydrogens (tertiary/aromatic N) is 2. The van der Waals surface area contributed by atoms with Crippen molar-refractivity contribution >= 4 is 0 Å². The lowest BCUT2D eigenvalue weighted by atomic mass is 10.3. The maximum absolute atomic E-state index is 12.1. The van der Waals surface area contributed by atoms with Crippen LogP contribution in [0.15, 0.2) is 6.07 Å². The van der Waals surface area contributed by atoms with Gasteiger partial charge in [-0.25, -0.2) is 0 Å². The minimum atomic E-state index is -4.41. The molecule has 0 amide bonds. The molecule has 0 unspecified atom stereocenters. The van der Waals surface area contributed by atoms with Gasteiger partial charge in [0, 0.05) is 25.8 Å². The number of aromatic nitrogens is 2. The highest BCUT2D eigenvalue weighted by Crippen LogP contribution is 2.28. The van der Waals surface area contributed by atoms with Crippen molar-refractivity contribution < 1.29 is 18.3 Å². The van der Waals surface area contributed by atoms with E-state index in [2.05, 4.69) is 5.10 Å². The summed E-state index contributed by atoms with van der Waals surface area (Å²) < 4.78 is 37.4. The van der Waals surface area contributed by atoms with Gasteiger partial charge in [-0.15, -0.1) is 0 Å². The second-order valence-electron chi connectivity index (χ2n) is 2.62. The van der Waals surface area contributed by atoms with Crippen LogP contribution in [-0.2, 0) is 19.6 Å². The van der Waals surface area contributed by atoms with Crippen molar-refractivity contribution in [3.63, 3.8) is 0 Å². The third-order valence-electron chi connectivity index (χ3n) is 1.64. The van der Waals surface area contributed by atoms with Gasteiger partial charge in [0.2, 0.25) is 0 Å². The Morgan fingerprint density at radius 2 is 2.15 bits per heavy atom. The van der Waals surface area contributed by atoms with E-state index >= 15 is 0 Å². The average molecular weight is 194 g/mol. The molecule has 0 bridgehead atoms. The van der Waals surface area contributed by atoms with Gasteiger partial charge < -0.3 is 5.11 Å². The summed E-state index contributed by atoms with van der Waals surface area (Å²) in [7, 11) is 1.42. The van der Waals surface area contributed by atoms with Crippen molar-refractivity contribution in [1.82, 2.24) is 9.78 Å². The molecule has 0 fully saturated rings. The third-order valence-corrected chi connectivity index (χ3v) is 1.64. The van der Waals surface area contributed by atoms with Crippen molar-refractivity contribution in [2.24, 2.45) is 7.05 Å². The Bertz CT molecular complexity index is 292. The normalized spacial score (nSPS) is 12.1. The highest BCUT2D eigenvalue weighted by atomic mass is 19.4. The van der Waals surface area contributed by atoms with Crippen LogP contribution < -0.4 is 0 Å². The van der Waals surface area contributed by atoms with E-state index in [4.69, 9.17) is 5.11 Å². The molecule has 1 aromatic heterocycles. The number of alkyl halides is 3. The van der Waals surface area contributed by atoms with Crippen LogP contribution in [0.4, 0.5) is 13.2 Å². The molecule has 0 aliphatic rings. The Balaban J connectivity index is 2.95. The lowest BCUT2D eigenvalue weighted by molar-refractivity contribution is -0.141. The molecule has 0 aliphatic heterocycles. The fourth-order valence-electron chi connectivity index (χ4n) is 0.993. The molecule has 74 valence electrons. The fraction of sp³-hybridized carbons (Fsp3) is 0.571. The van der Waals surface area contributed by atoms with E-state index in [0.717, 1.165) is 10.7 Å². The first kappa shape index (κ1) is 10.0. The molecule has 3 nitrogen and oxygen atoms in total. The number of hydrogen-bond donors (Lipinski definition) is 1. The van der Waals surface area contributed by atoms with Crippen molar-refractivity contribution in [2.75, 3.05) is 6.61 Å². The standard InChI is InChI=1S/C7H9F3N2O/c1-12-5(2-3-13)4-6(11-12)7(8,9)10/h4,13H,2-3H2,1H3. The molecule has 0 aliphatic carbocycles. The minimum Gasteiger partial charge on any atom is -0.396 e. The van der Waals surface area contributed by atoms with Crippen LogP contribution in [0.3, 0.4) is 0 Å². The molecule has 13 heavy (non-hydrogen) atoms. The van der Waals surface area contributed by atoms with Gasteiger partial charge in [-0.1, -0.05) is 0 Å². The Hall–Kier alpha value is -1.04. The van der Waals surface area contributed by atoms with E-state index in [0.29, 0.717) is 5.69 Å². The Morgan fingerprint density at radius 1 is 1.54 bits per heavy atom. The summed E-state index contributed by atoms with van der Waals surface area (Å²) in [5, 5.41) is 11.8. The second kappa shape index (κ2) is 3.37. The molecule has 1 rings (SSSR count). The first-order valence-corrected chi connectivity index (χ1v) is 3.66. The van der Waals surface area contributed by atoms with Crippen LogP contribution in [0, 0.1) is 0 Å². The third kappa shape index (κ3) is 2.21. The molecule has 6 heteroatoms. The number of aliphatic hydroxyl groups is 1. The molecule has 0 saturated carbocycles. The number of halogens is 3. The smallest absolute Gasteiger partial charge is 0.396 e. The summed E-state index contributed by atoms with van der Waals surface area (Å²) in [6.07, 6.45) is -4.23. The summed E-state index contributed by atoms with van der Waals surface area (Å²) in [5.41, 5.74) is -0.548. The summed E-state index contributed by atoms with van der Waals surface area (Å²) in [4.78, 5) is 0. The van der Waals surface area contributed by atoms with Gasteiger partial charge in [-0.3, -0.25) is 4.68 Å². The van der Waals surface area contributed by atoms with Crippen LogP contribution >= 0.6 is 0 Å². The van der Waals surface area contributed by atoms with Crippen molar-refractivity contribution in [2.45, 2.75) is 12.6 Å². The fourth-order valence-corrected chi connectivity index (χ4v) is 0.993. The molecule has 1 N–H and O–H groups in total. The van der Waals surface area contributed by atoms with Gasteiger partial charge in [-0.05, 0) is 6.07 Å². The summed E-state index contributed by atoms with van der Waals surface area (Å²) in [5.74, 6) is 0. The topological polar surface area (TPSA) is 38.0 Å². The van der Waals surface area contributed by atoms with Gasteiger partial charge in [0.05, 0.1) is 0 Å². The minimum absolute atomic E-state index is 0.180. The molecule has 0 radical (unpaired) electrons. The zero-order valence-electron chi connectivity index (χ0n) is 6.97. The van der Waals surface area contributed by atoms with E-state index in [1.54, 1.807) is 0 Å². The number of hydrogen-bond acceptors (Lipinski definition) is 2. The van der Waals surface area contributed by atoms with Crippen LogP contribution in [0.25, 0.3) is 0 Å². The van der Waals surface area contributed by atoms with Gasteiger partial charge in [-0.2, -0.15) is 18.3 Å². The monoisotopic (exact) mass is 194 g/mol. The van der Waals surface area contributed by atoms with E-state index in [1.165, 1.54) is 7.05 Å². The lowest BCUT2D eigenvalue weighted by Gasteiger charge is -1.99. The van der Waals surface area contributed by atoms with E-state index in [1.807, 2.05) is 0 Å².